The van der Waals surface area contributed by atoms with Gasteiger partial charge in [0.25, 0.3) is 0 Å². The first-order valence-corrected chi connectivity index (χ1v) is 7.97. The number of nitrogens with two attached hydrogens (primary N) is 1. The molecule has 0 heterocycles. The summed E-state index contributed by atoms with van der Waals surface area (Å²) >= 11 is 1.93. The molecule has 0 radical (unpaired) electrons. The summed E-state index contributed by atoms with van der Waals surface area (Å²) in [6.07, 6.45) is 8.64. The van der Waals surface area contributed by atoms with Crippen LogP contribution in [0.2, 0.25) is 0 Å². The minimum absolute atomic E-state index is 0.573. The van der Waals surface area contributed by atoms with Crippen molar-refractivity contribution in [3.63, 3.8) is 0 Å². The minimum atomic E-state index is 0.573. The Kier molecular flexibility index (Phi) is 10.6. The van der Waals surface area contributed by atoms with Crippen LogP contribution >= 0.6 is 11.8 Å². The molecule has 2 N–H and O–H groups in total. The van der Waals surface area contributed by atoms with Crippen molar-refractivity contribution in [3.05, 3.63) is 0 Å². The third kappa shape index (κ3) is 6.77. The highest BCUT2D eigenvalue weighted by molar-refractivity contribution is 7.98. The fourth-order valence-electron chi connectivity index (χ4n) is 1.97. The molecule has 0 aliphatic carbocycles. The lowest BCUT2D eigenvalue weighted by Crippen LogP contribution is -2.43. The highest BCUT2D eigenvalue weighted by atomic mass is 32.2. The molecule has 0 aromatic rings. The topological polar surface area (TPSA) is 29.3 Å². The predicted molar refractivity (Wildman–Crippen MR) is 77.2 cm³/mol. The van der Waals surface area contributed by atoms with Crippen molar-refractivity contribution in [2.45, 2.75) is 58.0 Å². The molecule has 2 atom stereocenters. The summed E-state index contributed by atoms with van der Waals surface area (Å²) in [5.74, 6) is 1.25. The number of rotatable bonds is 10. The van der Waals surface area contributed by atoms with Gasteiger partial charge in [0.2, 0.25) is 0 Å². The van der Waals surface area contributed by atoms with E-state index in [2.05, 4.69) is 32.1 Å². The van der Waals surface area contributed by atoms with Gasteiger partial charge < -0.3 is 5.73 Å². The van der Waals surface area contributed by atoms with Crippen molar-refractivity contribution in [3.8, 4) is 0 Å². The summed E-state index contributed by atoms with van der Waals surface area (Å²) in [6, 6.07) is 1.23. The lowest BCUT2D eigenvalue weighted by atomic mass is 10.1. The fourth-order valence-corrected chi connectivity index (χ4v) is 2.55. The molecule has 0 bridgehead atoms. The maximum atomic E-state index is 5.88. The zero-order valence-electron chi connectivity index (χ0n) is 11.5. The van der Waals surface area contributed by atoms with Crippen LogP contribution in [0.1, 0.15) is 46.0 Å². The second-order valence-corrected chi connectivity index (χ2v) is 5.67. The van der Waals surface area contributed by atoms with Gasteiger partial charge in [0, 0.05) is 18.6 Å². The van der Waals surface area contributed by atoms with Gasteiger partial charge in [-0.3, -0.25) is 4.90 Å². The van der Waals surface area contributed by atoms with Crippen LogP contribution in [0.25, 0.3) is 0 Å². The average Bonchev–Trinajstić information content (AvgIpc) is 2.31. The first-order chi connectivity index (χ1) is 7.67. The first kappa shape index (κ1) is 16.3. The van der Waals surface area contributed by atoms with Crippen molar-refractivity contribution in [1.29, 1.82) is 0 Å². The molecule has 0 aliphatic rings. The van der Waals surface area contributed by atoms with Crippen molar-refractivity contribution >= 4 is 11.8 Å². The Labute approximate surface area is 106 Å². The Hall–Kier alpha value is 0.270. The van der Waals surface area contributed by atoms with E-state index in [4.69, 9.17) is 5.73 Å². The molecule has 2 nitrogen and oxygen atoms in total. The van der Waals surface area contributed by atoms with Crippen LogP contribution in [0.3, 0.4) is 0 Å². The highest BCUT2D eigenvalue weighted by Crippen LogP contribution is 2.13. The lowest BCUT2D eigenvalue weighted by molar-refractivity contribution is 0.173. The molecule has 98 valence electrons. The van der Waals surface area contributed by atoms with Crippen LogP contribution in [0.5, 0.6) is 0 Å². The number of unbranched alkanes of at least 4 members (excludes halogenated alkanes) is 2. The summed E-state index contributed by atoms with van der Waals surface area (Å²) in [7, 11) is 2.23. The van der Waals surface area contributed by atoms with E-state index in [0.29, 0.717) is 12.1 Å². The van der Waals surface area contributed by atoms with Gasteiger partial charge in [-0.1, -0.05) is 26.2 Å². The second-order valence-electron chi connectivity index (χ2n) is 4.68. The summed E-state index contributed by atoms with van der Waals surface area (Å²) in [6.45, 7) is 5.37. The van der Waals surface area contributed by atoms with E-state index in [9.17, 15) is 0 Å². The molecule has 0 aromatic carbocycles. The van der Waals surface area contributed by atoms with E-state index in [-0.39, 0.29) is 0 Å². The van der Waals surface area contributed by atoms with E-state index in [1.54, 1.807) is 0 Å². The van der Waals surface area contributed by atoms with Gasteiger partial charge >= 0.3 is 0 Å². The predicted octanol–water partition coefficient (Wildman–Crippen LogP) is 2.97. The smallest absolute Gasteiger partial charge is 0.0218 e. The number of thioether (sulfide) groups is 1. The van der Waals surface area contributed by atoms with Gasteiger partial charge in [0.1, 0.15) is 0 Å². The molecule has 3 heteroatoms. The molecule has 0 aromatic heterocycles. The molecule has 0 rings (SSSR count). The minimum Gasteiger partial charge on any atom is -0.329 e. The first-order valence-electron chi connectivity index (χ1n) is 6.58. The molecule has 0 spiro atoms. The normalized spacial score (nSPS) is 15.4. The zero-order chi connectivity index (χ0) is 12.4. The van der Waals surface area contributed by atoms with E-state index >= 15 is 0 Å². The third-order valence-corrected chi connectivity index (χ3v) is 4.07. The Morgan fingerprint density at radius 3 is 2.44 bits per heavy atom. The van der Waals surface area contributed by atoms with Gasteiger partial charge in [-0.2, -0.15) is 11.8 Å². The van der Waals surface area contributed by atoms with Gasteiger partial charge in [0.05, 0.1) is 0 Å². The standard InChI is InChI=1S/C13H30N2S/c1-5-6-7-8-13(11-14)15(3)12(2)9-10-16-4/h12-13H,5-11,14H2,1-4H3. The van der Waals surface area contributed by atoms with Gasteiger partial charge in [-0.15, -0.1) is 0 Å². The fraction of sp³-hybridized carbons (Fsp3) is 1.00. The molecular formula is C13H30N2S. The van der Waals surface area contributed by atoms with Crippen molar-refractivity contribution in [2.24, 2.45) is 5.73 Å². The Morgan fingerprint density at radius 2 is 1.94 bits per heavy atom. The van der Waals surface area contributed by atoms with E-state index < -0.39 is 0 Å². The van der Waals surface area contributed by atoms with Gasteiger partial charge in [-0.05, 0) is 38.8 Å². The molecule has 0 saturated heterocycles. The quantitative estimate of drug-likeness (QED) is 0.601. The molecule has 16 heavy (non-hydrogen) atoms. The monoisotopic (exact) mass is 246 g/mol. The van der Waals surface area contributed by atoms with Gasteiger partial charge in [-0.25, -0.2) is 0 Å². The molecule has 0 saturated carbocycles. The number of hydrogen-bond donors (Lipinski definition) is 1. The lowest BCUT2D eigenvalue weighted by Gasteiger charge is -2.32. The Balaban J connectivity index is 3.92. The Bertz CT molecular complexity index is 153. The van der Waals surface area contributed by atoms with Crippen molar-refractivity contribution < 1.29 is 0 Å². The van der Waals surface area contributed by atoms with Crippen molar-refractivity contribution in [1.82, 2.24) is 4.90 Å². The summed E-state index contributed by atoms with van der Waals surface area (Å²) < 4.78 is 0. The highest BCUT2D eigenvalue weighted by Gasteiger charge is 2.17. The van der Waals surface area contributed by atoms with Gasteiger partial charge in [0.15, 0.2) is 0 Å². The number of hydrogen-bond acceptors (Lipinski definition) is 3. The largest absolute Gasteiger partial charge is 0.329 e. The van der Waals surface area contributed by atoms with Crippen LogP contribution < -0.4 is 5.73 Å². The van der Waals surface area contributed by atoms with Crippen LogP contribution in [0.15, 0.2) is 0 Å². The molecule has 0 fully saturated rings. The van der Waals surface area contributed by atoms with E-state index in [1.165, 1.54) is 37.9 Å². The van der Waals surface area contributed by atoms with Crippen LogP contribution in [-0.2, 0) is 0 Å². The molecular weight excluding hydrogens is 216 g/mol. The van der Waals surface area contributed by atoms with Crippen LogP contribution in [0, 0.1) is 0 Å². The number of likely N-dealkylation sites (N-methyl/N-ethyl adjacent to an activating group) is 1. The number of nitrogens with zero attached hydrogens (tertiary/aromatic N) is 1. The summed E-state index contributed by atoms with van der Waals surface area (Å²) in [5, 5.41) is 0. The molecule has 0 amide bonds. The van der Waals surface area contributed by atoms with Crippen LogP contribution in [-0.4, -0.2) is 42.6 Å². The average molecular weight is 246 g/mol. The van der Waals surface area contributed by atoms with E-state index in [0.717, 1.165) is 6.54 Å². The maximum Gasteiger partial charge on any atom is 0.0218 e. The van der Waals surface area contributed by atoms with Crippen molar-refractivity contribution in [2.75, 3.05) is 25.6 Å². The summed E-state index contributed by atoms with van der Waals surface area (Å²) in [4.78, 5) is 2.48. The van der Waals surface area contributed by atoms with E-state index in [1.807, 2.05) is 11.8 Å². The molecule has 0 aliphatic heterocycles. The Morgan fingerprint density at radius 1 is 1.25 bits per heavy atom. The summed E-state index contributed by atoms with van der Waals surface area (Å²) in [5.41, 5.74) is 5.88. The second kappa shape index (κ2) is 10.4. The third-order valence-electron chi connectivity index (χ3n) is 3.42. The SMILES string of the molecule is CCCCCC(CN)N(C)C(C)CCSC. The molecule has 2 unspecified atom stereocenters. The maximum absolute atomic E-state index is 5.88. The zero-order valence-corrected chi connectivity index (χ0v) is 12.4. The van der Waals surface area contributed by atoms with Crippen LogP contribution in [0.4, 0.5) is 0 Å².